The van der Waals surface area contributed by atoms with Crippen molar-refractivity contribution < 1.29 is 0 Å². The van der Waals surface area contributed by atoms with Crippen LogP contribution < -0.4 is 0 Å². The number of nitrogens with zero attached hydrogens (tertiary/aromatic N) is 3. The number of imidazole rings is 1. The summed E-state index contributed by atoms with van der Waals surface area (Å²) in [5.74, 6) is 0. The maximum atomic E-state index is 4.38. The van der Waals surface area contributed by atoms with Crippen molar-refractivity contribution in [3.05, 3.63) is 42.5 Å². The van der Waals surface area contributed by atoms with Gasteiger partial charge in [-0.1, -0.05) is 31.2 Å². The second-order valence-electron chi connectivity index (χ2n) is 3.83. The van der Waals surface area contributed by atoms with Crippen LogP contribution in [0.4, 0.5) is 0 Å². The van der Waals surface area contributed by atoms with Crippen molar-refractivity contribution in [3.63, 3.8) is 0 Å². The third kappa shape index (κ3) is 1.58. The van der Waals surface area contributed by atoms with Gasteiger partial charge in [-0.05, 0) is 12.0 Å². The number of nitrogens with one attached hydrogen (secondary N) is 1. The fraction of sp³-hybridized carbons (Fsp3) is 0.154. The smallest absolute Gasteiger partial charge is 0.181 e. The summed E-state index contributed by atoms with van der Waals surface area (Å²) in [4.78, 5) is 15.8. The summed E-state index contributed by atoms with van der Waals surface area (Å²) < 4.78 is 0. The lowest BCUT2D eigenvalue weighted by molar-refractivity contribution is 1.13. The third-order valence-corrected chi connectivity index (χ3v) is 2.88. The van der Waals surface area contributed by atoms with Crippen molar-refractivity contribution in [2.75, 3.05) is 0 Å². The summed E-state index contributed by atoms with van der Waals surface area (Å²) in [5.41, 5.74) is 4.95. The highest BCUT2D eigenvalue weighted by Crippen LogP contribution is 2.26. The molecule has 0 aliphatic heterocycles. The lowest BCUT2D eigenvalue weighted by Crippen LogP contribution is -1.92. The standard InChI is InChI=1S/C13H12N4/c1-2-9-5-3-4-6-10(9)11-12-13(16-7-14-11)17-8-15-12/h3-8H,2H2,1H3,(H,14,15,16,17). The second-order valence-corrected chi connectivity index (χ2v) is 3.83. The van der Waals surface area contributed by atoms with Gasteiger partial charge in [0.25, 0.3) is 0 Å². The summed E-state index contributed by atoms with van der Waals surface area (Å²) in [7, 11) is 0. The lowest BCUT2D eigenvalue weighted by atomic mass is 10.0. The Kier molecular flexibility index (Phi) is 2.33. The first-order valence-corrected chi connectivity index (χ1v) is 5.62. The Balaban J connectivity index is 2.30. The van der Waals surface area contributed by atoms with Crippen LogP contribution in [0, 0.1) is 0 Å². The number of hydrogen-bond acceptors (Lipinski definition) is 3. The Morgan fingerprint density at radius 1 is 1.12 bits per heavy atom. The van der Waals surface area contributed by atoms with Crippen molar-refractivity contribution in [1.29, 1.82) is 0 Å². The number of aromatic amines is 1. The van der Waals surface area contributed by atoms with E-state index in [1.807, 2.05) is 12.1 Å². The van der Waals surface area contributed by atoms with E-state index < -0.39 is 0 Å². The molecule has 4 nitrogen and oxygen atoms in total. The van der Waals surface area contributed by atoms with Gasteiger partial charge in [0.15, 0.2) is 5.65 Å². The minimum absolute atomic E-state index is 0.709. The molecular formula is C13H12N4. The molecule has 0 saturated heterocycles. The molecular weight excluding hydrogens is 212 g/mol. The number of benzene rings is 1. The van der Waals surface area contributed by atoms with Crippen molar-refractivity contribution in [2.45, 2.75) is 13.3 Å². The molecule has 0 aliphatic carbocycles. The second kappa shape index (κ2) is 3.97. The van der Waals surface area contributed by atoms with Crippen LogP contribution in [0.1, 0.15) is 12.5 Å². The van der Waals surface area contributed by atoms with Gasteiger partial charge in [0.05, 0.1) is 12.0 Å². The molecule has 0 atom stereocenters. The molecule has 2 aromatic heterocycles. The van der Waals surface area contributed by atoms with Gasteiger partial charge >= 0.3 is 0 Å². The van der Waals surface area contributed by atoms with E-state index in [1.54, 1.807) is 12.7 Å². The summed E-state index contributed by atoms with van der Waals surface area (Å²) in [5, 5.41) is 0. The Morgan fingerprint density at radius 2 is 2.00 bits per heavy atom. The molecule has 0 unspecified atom stereocenters. The molecule has 0 amide bonds. The van der Waals surface area contributed by atoms with Gasteiger partial charge in [-0.3, -0.25) is 0 Å². The van der Waals surface area contributed by atoms with E-state index in [4.69, 9.17) is 0 Å². The van der Waals surface area contributed by atoms with Crippen molar-refractivity contribution in [1.82, 2.24) is 19.9 Å². The SMILES string of the molecule is CCc1ccccc1-c1ncnc2nc[nH]c12. The first-order valence-electron chi connectivity index (χ1n) is 5.62. The molecule has 4 heteroatoms. The van der Waals surface area contributed by atoms with Crippen LogP contribution in [0.25, 0.3) is 22.4 Å². The minimum Gasteiger partial charge on any atom is -0.341 e. The van der Waals surface area contributed by atoms with Crippen LogP contribution in [0.5, 0.6) is 0 Å². The predicted octanol–water partition coefficient (Wildman–Crippen LogP) is 2.58. The van der Waals surface area contributed by atoms with E-state index in [9.17, 15) is 0 Å². The van der Waals surface area contributed by atoms with E-state index >= 15 is 0 Å². The zero-order valence-electron chi connectivity index (χ0n) is 9.51. The van der Waals surface area contributed by atoms with Gasteiger partial charge in [0.1, 0.15) is 11.8 Å². The fourth-order valence-electron chi connectivity index (χ4n) is 2.03. The topological polar surface area (TPSA) is 54.5 Å². The quantitative estimate of drug-likeness (QED) is 0.727. The first kappa shape index (κ1) is 9.96. The highest BCUT2D eigenvalue weighted by atomic mass is 15.0. The molecule has 3 rings (SSSR count). The monoisotopic (exact) mass is 224 g/mol. The molecule has 0 spiro atoms. The largest absolute Gasteiger partial charge is 0.341 e. The average molecular weight is 224 g/mol. The van der Waals surface area contributed by atoms with Crippen molar-refractivity contribution in [2.24, 2.45) is 0 Å². The van der Waals surface area contributed by atoms with Gasteiger partial charge < -0.3 is 4.98 Å². The maximum Gasteiger partial charge on any atom is 0.181 e. The molecule has 1 N–H and O–H groups in total. The predicted molar refractivity (Wildman–Crippen MR) is 66.5 cm³/mol. The lowest BCUT2D eigenvalue weighted by Gasteiger charge is -2.06. The van der Waals surface area contributed by atoms with Crippen LogP contribution in [0.3, 0.4) is 0 Å². The van der Waals surface area contributed by atoms with E-state index in [1.165, 1.54) is 5.56 Å². The summed E-state index contributed by atoms with van der Waals surface area (Å²) in [6.45, 7) is 2.14. The van der Waals surface area contributed by atoms with Gasteiger partial charge in [0, 0.05) is 5.56 Å². The summed E-state index contributed by atoms with van der Waals surface area (Å²) in [6, 6.07) is 8.29. The molecule has 0 bridgehead atoms. The molecule has 3 aromatic rings. The number of fused-ring (bicyclic) bond motifs is 1. The zero-order chi connectivity index (χ0) is 11.7. The highest BCUT2D eigenvalue weighted by Gasteiger charge is 2.10. The van der Waals surface area contributed by atoms with Crippen LogP contribution in [-0.4, -0.2) is 19.9 Å². The van der Waals surface area contributed by atoms with Crippen molar-refractivity contribution >= 4 is 11.2 Å². The molecule has 0 saturated carbocycles. The fourth-order valence-corrected chi connectivity index (χ4v) is 2.03. The average Bonchev–Trinajstić information content (AvgIpc) is 2.86. The Bertz CT molecular complexity index is 657. The number of H-pyrrole nitrogens is 1. The van der Waals surface area contributed by atoms with Crippen LogP contribution in [-0.2, 0) is 6.42 Å². The highest BCUT2D eigenvalue weighted by molar-refractivity contribution is 5.87. The number of aromatic nitrogens is 4. The van der Waals surface area contributed by atoms with Gasteiger partial charge in [-0.15, -0.1) is 0 Å². The summed E-state index contributed by atoms with van der Waals surface area (Å²) >= 11 is 0. The summed E-state index contributed by atoms with van der Waals surface area (Å²) in [6.07, 6.45) is 4.19. The Hall–Kier alpha value is -2.23. The molecule has 0 radical (unpaired) electrons. The zero-order valence-corrected chi connectivity index (χ0v) is 9.51. The number of hydrogen-bond donors (Lipinski definition) is 1. The molecule has 2 heterocycles. The molecule has 0 fully saturated rings. The van der Waals surface area contributed by atoms with E-state index in [-0.39, 0.29) is 0 Å². The first-order chi connectivity index (χ1) is 8.40. The van der Waals surface area contributed by atoms with Crippen LogP contribution >= 0.6 is 0 Å². The molecule has 0 aliphatic rings. The molecule has 1 aromatic carbocycles. The Labute approximate surface area is 98.8 Å². The van der Waals surface area contributed by atoms with E-state index in [0.29, 0.717) is 5.65 Å². The molecule has 84 valence electrons. The normalized spacial score (nSPS) is 10.9. The maximum absolute atomic E-state index is 4.38. The van der Waals surface area contributed by atoms with Crippen LogP contribution in [0.15, 0.2) is 36.9 Å². The van der Waals surface area contributed by atoms with Crippen LogP contribution in [0.2, 0.25) is 0 Å². The van der Waals surface area contributed by atoms with Gasteiger partial charge in [-0.2, -0.15) is 0 Å². The van der Waals surface area contributed by atoms with E-state index in [0.717, 1.165) is 23.2 Å². The van der Waals surface area contributed by atoms with Crippen molar-refractivity contribution in [3.8, 4) is 11.3 Å². The van der Waals surface area contributed by atoms with E-state index in [2.05, 4.69) is 39.0 Å². The minimum atomic E-state index is 0.709. The molecule has 17 heavy (non-hydrogen) atoms. The number of rotatable bonds is 2. The number of aryl methyl sites for hydroxylation is 1. The Morgan fingerprint density at radius 3 is 2.88 bits per heavy atom. The third-order valence-electron chi connectivity index (χ3n) is 2.88. The van der Waals surface area contributed by atoms with Gasteiger partial charge in [-0.25, -0.2) is 15.0 Å². The van der Waals surface area contributed by atoms with Gasteiger partial charge in [0.2, 0.25) is 0 Å².